The van der Waals surface area contributed by atoms with Crippen LogP contribution in [0.4, 0.5) is 5.82 Å². The van der Waals surface area contributed by atoms with Gasteiger partial charge in [0.2, 0.25) is 0 Å². The average molecular weight is 388 g/mol. The number of aromatic nitrogens is 5. The van der Waals surface area contributed by atoms with Crippen LogP contribution in [0.2, 0.25) is 0 Å². The summed E-state index contributed by atoms with van der Waals surface area (Å²) in [6.45, 7) is 5.74. The summed E-state index contributed by atoms with van der Waals surface area (Å²) in [4.78, 5) is 17.0. The summed E-state index contributed by atoms with van der Waals surface area (Å²) >= 11 is -1.18. The molecule has 1 atom stereocenters. The van der Waals surface area contributed by atoms with Gasteiger partial charge >= 0.3 is 5.16 Å². The van der Waals surface area contributed by atoms with Crippen molar-refractivity contribution in [2.24, 2.45) is 0 Å². The fourth-order valence-corrected chi connectivity index (χ4v) is 3.91. The highest BCUT2D eigenvalue weighted by Gasteiger charge is 2.17. The minimum Gasteiger partial charge on any atom is -0.609 e. The molecule has 0 bridgehead atoms. The first-order valence-electron chi connectivity index (χ1n) is 8.95. The lowest BCUT2D eigenvalue weighted by Gasteiger charge is -2.11. The molecule has 0 spiro atoms. The van der Waals surface area contributed by atoms with E-state index in [0.717, 1.165) is 36.3 Å². The van der Waals surface area contributed by atoms with Crippen molar-refractivity contribution in [2.45, 2.75) is 45.0 Å². The Bertz CT molecular complexity index is 886. The Morgan fingerprint density at radius 3 is 2.74 bits per heavy atom. The van der Waals surface area contributed by atoms with Crippen molar-refractivity contribution in [1.82, 2.24) is 24.5 Å². The smallest absolute Gasteiger partial charge is 0.342 e. The van der Waals surface area contributed by atoms with E-state index in [9.17, 15) is 4.55 Å². The number of nitrogen functional groups attached to an aromatic ring is 1. The Hall–Kier alpha value is -2.23. The molecular weight excluding hydrogens is 364 g/mol. The molecule has 0 fully saturated rings. The molecule has 0 saturated carbocycles. The van der Waals surface area contributed by atoms with Crippen molar-refractivity contribution in [2.75, 3.05) is 18.1 Å². The van der Waals surface area contributed by atoms with Crippen LogP contribution in [-0.2, 0) is 29.1 Å². The van der Waals surface area contributed by atoms with E-state index >= 15 is 0 Å². The molecule has 1 unspecified atom stereocenters. The van der Waals surface area contributed by atoms with Crippen LogP contribution in [0.15, 0.2) is 29.8 Å². The van der Waals surface area contributed by atoms with E-state index in [4.69, 9.17) is 10.5 Å². The van der Waals surface area contributed by atoms with Gasteiger partial charge in [0.05, 0.1) is 5.52 Å². The minimum atomic E-state index is -1.18. The molecule has 8 nitrogen and oxygen atoms in total. The predicted molar refractivity (Wildman–Crippen MR) is 105 cm³/mol. The predicted octanol–water partition coefficient (Wildman–Crippen LogP) is 2.24. The third-order valence-corrected chi connectivity index (χ3v) is 5.48. The van der Waals surface area contributed by atoms with Gasteiger partial charge in [0.25, 0.3) is 0 Å². The topological polar surface area (TPSA) is 115 Å². The van der Waals surface area contributed by atoms with Gasteiger partial charge in [-0.15, -0.1) is 0 Å². The number of ether oxygens (including phenoxy) is 1. The van der Waals surface area contributed by atoms with Crippen LogP contribution in [0, 0.1) is 6.92 Å². The van der Waals surface area contributed by atoms with Crippen molar-refractivity contribution in [3.8, 4) is 0 Å². The number of nitrogens with zero attached hydrogens (tertiary/aromatic N) is 5. The largest absolute Gasteiger partial charge is 0.609 e. The number of hydrogen-bond acceptors (Lipinski definition) is 7. The van der Waals surface area contributed by atoms with Crippen molar-refractivity contribution in [1.29, 1.82) is 0 Å². The van der Waals surface area contributed by atoms with E-state index in [0.29, 0.717) is 35.5 Å². The molecule has 3 aromatic rings. The number of fused-ring (bicyclic) bond motifs is 1. The van der Waals surface area contributed by atoms with Gasteiger partial charge in [0, 0.05) is 42.9 Å². The third kappa shape index (κ3) is 4.55. The maximum Gasteiger partial charge on any atom is 0.342 e. The van der Waals surface area contributed by atoms with Gasteiger partial charge in [-0.3, -0.25) is 0 Å². The lowest BCUT2D eigenvalue weighted by molar-refractivity contribution is 0.126. The standard InChI is InChI=1S/C18H24N6O2S/c1-3-26-12-14-23-15-16(13(2)11-22-17(15)19)24(14)9-4-5-10-27(25)18-20-7-6-8-21-18/h6-8,11H,3-5,9-10,12H2,1-2H3,(H2,19,22). The van der Waals surface area contributed by atoms with Crippen molar-refractivity contribution in [3.63, 3.8) is 0 Å². The van der Waals surface area contributed by atoms with E-state index in [1.165, 1.54) is 0 Å². The molecule has 3 heterocycles. The van der Waals surface area contributed by atoms with Crippen LogP contribution < -0.4 is 5.73 Å². The highest BCUT2D eigenvalue weighted by molar-refractivity contribution is 7.91. The van der Waals surface area contributed by atoms with Gasteiger partial charge in [-0.25, -0.2) is 9.97 Å². The third-order valence-electron chi connectivity index (χ3n) is 4.20. The van der Waals surface area contributed by atoms with E-state index in [2.05, 4.69) is 24.5 Å². The van der Waals surface area contributed by atoms with Crippen molar-refractivity contribution < 1.29 is 9.29 Å². The number of nitrogens with two attached hydrogens (primary N) is 1. The van der Waals surface area contributed by atoms with Crippen LogP contribution in [-0.4, -0.2) is 41.4 Å². The Morgan fingerprint density at radius 2 is 2.00 bits per heavy atom. The van der Waals surface area contributed by atoms with Gasteiger partial charge in [0.1, 0.15) is 23.7 Å². The number of unbranched alkanes of at least 4 members (excludes halogenated alkanes) is 1. The fourth-order valence-electron chi connectivity index (χ4n) is 2.91. The lowest BCUT2D eigenvalue weighted by Crippen LogP contribution is -2.12. The Labute approximate surface area is 161 Å². The highest BCUT2D eigenvalue weighted by atomic mass is 32.2. The van der Waals surface area contributed by atoms with E-state index < -0.39 is 11.2 Å². The number of anilines is 1. The zero-order chi connectivity index (χ0) is 19.2. The van der Waals surface area contributed by atoms with Crippen molar-refractivity contribution in [3.05, 3.63) is 36.0 Å². The summed E-state index contributed by atoms with van der Waals surface area (Å²) in [6.07, 6.45) is 6.63. The quantitative estimate of drug-likeness (QED) is 0.339. The number of imidazole rings is 1. The first kappa shape index (κ1) is 19.5. The average Bonchev–Trinajstić information content (AvgIpc) is 3.06. The highest BCUT2D eigenvalue weighted by Crippen LogP contribution is 2.24. The number of aryl methyl sites for hydroxylation is 2. The first-order valence-corrected chi connectivity index (χ1v) is 10.3. The maximum atomic E-state index is 12.2. The van der Waals surface area contributed by atoms with Crippen LogP contribution >= 0.6 is 0 Å². The number of hydrogen-bond donors (Lipinski definition) is 1. The Kier molecular flexibility index (Phi) is 6.59. The molecule has 9 heteroatoms. The summed E-state index contributed by atoms with van der Waals surface area (Å²) in [7, 11) is 0. The first-order chi connectivity index (χ1) is 13.1. The molecule has 0 saturated heterocycles. The van der Waals surface area contributed by atoms with Crippen LogP contribution in [0.1, 0.15) is 31.2 Å². The summed E-state index contributed by atoms with van der Waals surface area (Å²) in [5, 5.41) is 0.386. The Balaban J connectivity index is 1.70. The molecule has 3 aromatic heterocycles. The Morgan fingerprint density at radius 1 is 1.22 bits per heavy atom. The summed E-state index contributed by atoms with van der Waals surface area (Å²) in [5.41, 5.74) is 8.74. The number of rotatable bonds is 9. The molecule has 3 rings (SSSR count). The molecule has 0 aliphatic rings. The SMILES string of the molecule is CCOCc1nc2c(N)ncc(C)c2n1CCCC[S+]([O-])c1ncccn1. The molecule has 144 valence electrons. The molecule has 0 amide bonds. The van der Waals surface area contributed by atoms with Crippen LogP contribution in [0.25, 0.3) is 11.0 Å². The second kappa shape index (κ2) is 9.12. The second-order valence-corrected chi connectivity index (χ2v) is 7.59. The van der Waals surface area contributed by atoms with Crippen LogP contribution in [0.5, 0.6) is 0 Å². The zero-order valence-electron chi connectivity index (χ0n) is 15.6. The fraction of sp³-hybridized carbons (Fsp3) is 0.444. The van der Waals surface area contributed by atoms with E-state index in [-0.39, 0.29) is 0 Å². The van der Waals surface area contributed by atoms with E-state index in [1.807, 2.05) is 13.8 Å². The van der Waals surface area contributed by atoms with Crippen LogP contribution in [0.3, 0.4) is 0 Å². The molecule has 2 N–H and O–H groups in total. The van der Waals surface area contributed by atoms with E-state index in [1.54, 1.807) is 24.7 Å². The summed E-state index contributed by atoms with van der Waals surface area (Å²) in [5.74, 6) is 1.79. The number of pyridine rings is 1. The molecule has 27 heavy (non-hydrogen) atoms. The lowest BCUT2D eigenvalue weighted by atomic mass is 10.2. The van der Waals surface area contributed by atoms with Gasteiger partial charge < -0.3 is 19.6 Å². The molecule has 0 aliphatic heterocycles. The molecular formula is C18H24N6O2S. The van der Waals surface area contributed by atoms with Gasteiger partial charge in [-0.1, -0.05) is 0 Å². The van der Waals surface area contributed by atoms with Gasteiger partial charge in [-0.2, -0.15) is 9.97 Å². The maximum absolute atomic E-state index is 12.2. The molecule has 0 aliphatic carbocycles. The normalized spacial score (nSPS) is 12.6. The van der Waals surface area contributed by atoms with Gasteiger partial charge in [-0.05, 0) is 38.3 Å². The second-order valence-electron chi connectivity index (χ2n) is 6.13. The summed E-state index contributed by atoms with van der Waals surface area (Å²) in [6, 6.07) is 1.72. The van der Waals surface area contributed by atoms with Crippen molar-refractivity contribution >= 4 is 28.0 Å². The monoisotopic (exact) mass is 388 g/mol. The molecule has 0 radical (unpaired) electrons. The summed E-state index contributed by atoms with van der Waals surface area (Å²) < 4.78 is 19.9. The molecule has 0 aromatic carbocycles. The minimum absolute atomic E-state index is 0.386. The van der Waals surface area contributed by atoms with Gasteiger partial charge in [0.15, 0.2) is 5.82 Å². The zero-order valence-corrected chi connectivity index (χ0v) is 16.4.